The summed E-state index contributed by atoms with van der Waals surface area (Å²) in [5.74, 6) is -10.1. The summed E-state index contributed by atoms with van der Waals surface area (Å²) in [6.45, 7) is -0.701. The molecule has 0 aliphatic heterocycles. The van der Waals surface area contributed by atoms with E-state index in [1.165, 1.54) is 30.5 Å². The first kappa shape index (κ1) is 52.0. The van der Waals surface area contributed by atoms with Crippen molar-refractivity contribution in [3.63, 3.8) is 0 Å². The predicted octanol–water partition coefficient (Wildman–Crippen LogP) is -5.13. The molecule has 1 aromatic heterocycles. The van der Waals surface area contributed by atoms with Crippen LogP contribution >= 0.6 is 0 Å². The molecule has 8 atom stereocenters. The van der Waals surface area contributed by atoms with Crippen molar-refractivity contribution in [1.29, 1.82) is 0 Å². The molecule has 3 aromatic rings. The number of amides is 6. The van der Waals surface area contributed by atoms with E-state index in [1.807, 2.05) is 0 Å². The van der Waals surface area contributed by atoms with Gasteiger partial charge in [-0.3, -0.25) is 38.6 Å². The fourth-order valence-corrected chi connectivity index (χ4v) is 6.25. The van der Waals surface area contributed by atoms with Crippen molar-refractivity contribution in [3.05, 3.63) is 65.9 Å². The van der Waals surface area contributed by atoms with E-state index in [0.29, 0.717) is 22.0 Å². The predicted molar refractivity (Wildman–Crippen MR) is 229 cm³/mol. The molecule has 19 N–H and O–H groups in total. The van der Waals surface area contributed by atoms with Crippen LogP contribution in [0, 0.1) is 0 Å². The number of benzene rings is 2. The van der Waals surface area contributed by atoms with Gasteiger partial charge < -0.3 is 84.7 Å². The molecule has 0 spiro atoms. The van der Waals surface area contributed by atoms with Crippen molar-refractivity contribution < 1.29 is 69.0 Å². The SMILES string of the molecule is C[C@@H](O)[C@H](NC(=O)[C@H](Cc1ccc(O)cc1)NC(=O)[C@@H](N)CO)C(=O)N[C@@H](Cc1c[nH]c2ccccc12)C(=O)N[C@@H](CC(=O)O)C(=O)N[C@@H](CCCN=C(N)N)C(=O)N[C@@H](CO)C(=O)O. The van der Waals surface area contributed by atoms with E-state index in [2.05, 4.69) is 41.9 Å². The van der Waals surface area contributed by atoms with Gasteiger partial charge in [-0.2, -0.15) is 0 Å². The van der Waals surface area contributed by atoms with Crippen LogP contribution in [0.1, 0.15) is 37.3 Å². The second-order valence-electron chi connectivity index (χ2n) is 14.8. The first-order valence-electron chi connectivity index (χ1n) is 20.0. The Morgan fingerprint density at radius 2 is 1.25 bits per heavy atom. The monoisotopic (exact) mass is 913 g/mol. The van der Waals surface area contributed by atoms with Crippen LogP contribution in [-0.2, 0) is 51.2 Å². The number of carboxylic acids is 2. The van der Waals surface area contributed by atoms with Crippen molar-refractivity contribution in [2.24, 2.45) is 22.2 Å². The Balaban J connectivity index is 1.96. The molecular weight excluding hydrogens is 859 g/mol. The number of nitrogens with two attached hydrogens (primary N) is 3. The number of aliphatic carboxylic acids is 2. The van der Waals surface area contributed by atoms with E-state index in [0.717, 1.165) is 6.92 Å². The molecule has 0 aliphatic rings. The molecule has 0 bridgehead atoms. The number of hydrogen-bond donors (Lipinski definition) is 16. The second-order valence-corrected chi connectivity index (χ2v) is 14.8. The fourth-order valence-electron chi connectivity index (χ4n) is 6.25. The minimum atomic E-state index is -1.94. The normalized spacial score (nSPS) is 14.7. The van der Waals surface area contributed by atoms with Gasteiger partial charge in [-0.15, -0.1) is 0 Å². The van der Waals surface area contributed by atoms with E-state index in [-0.39, 0.29) is 43.9 Å². The van der Waals surface area contributed by atoms with E-state index in [4.69, 9.17) is 17.2 Å². The maximum Gasteiger partial charge on any atom is 0.328 e. The van der Waals surface area contributed by atoms with E-state index in [1.54, 1.807) is 24.3 Å². The highest BCUT2D eigenvalue weighted by molar-refractivity contribution is 5.98. The maximum atomic E-state index is 14.2. The molecule has 0 saturated heterocycles. The number of aliphatic imine (C=N–C) groups is 1. The molecule has 65 heavy (non-hydrogen) atoms. The van der Waals surface area contributed by atoms with Crippen molar-refractivity contribution in [1.82, 2.24) is 36.9 Å². The van der Waals surface area contributed by atoms with Crippen LogP contribution in [0.2, 0.25) is 0 Å². The number of aliphatic hydroxyl groups is 3. The number of nitrogens with zero attached hydrogens (tertiary/aromatic N) is 1. The highest BCUT2D eigenvalue weighted by Gasteiger charge is 2.36. The number of guanidine groups is 1. The topological polar surface area (TPSA) is 436 Å². The van der Waals surface area contributed by atoms with Gasteiger partial charge in [0.25, 0.3) is 0 Å². The Morgan fingerprint density at radius 3 is 1.85 bits per heavy atom. The molecule has 6 amide bonds. The van der Waals surface area contributed by atoms with Crippen LogP contribution in [0.15, 0.2) is 59.7 Å². The van der Waals surface area contributed by atoms with Crippen LogP contribution in [0.3, 0.4) is 0 Å². The number of phenols is 1. The number of aromatic amines is 1. The molecule has 25 heteroatoms. The molecule has 0 radical (unpaired) electrons. The Labute approximate surface area is 370 Å². The third-order valence-electron chi connectivity index (χ3n) is 9.72. The van der Waals surface area contributed by atoms with E-state index >= 15 is 0 Å². The van der Waals surface area contributed by atoms with Gasteiger partial charge in [-0.25, -0.2) is 4.79 Å². The summed E-state index contributed by atoms with van der Waals surface area (Å²) in [5.41, 5.74) is 17.8. The molecule has 0 saturated carbocycles. The van der Waals surface area contributed by atoms with Crippen LogP contribution in [0.4, 0.5) is 0 Å². The minimum absolute atomic E-state index is 0.0307. The van der Waals surface area contributed by atoms with Crippen molar-refractivity contribution in [2.45, 2.75) is 87.4 Å². The summed E-state index contributed by atoms with van der Waals surface area (Å²) in [7, 11) is 0. The number of aromatic nitrogens is 1. The molecule has 0 aliphatic carbocycles. The molecule has 1 heterocycles. The van der Waals surface area contributed by atoms with Gasteiger partial charge in [0.05, 0.1) is 25.7 Å². The first-order chi connectivity index (χ1) is 30.7. The lowest BCUT2D eigenvalue weighted by atomic mass is 10.0. The van der Waals surface area contributed by atoms with Crippen LogP contribution in [0.5, 0.6) is 5.75 Å². The van der Waals surface area contributed by atoms with E-state index in [9.17, 15) is 69.0 Å². The number of hydrogen-bond acceptors (Lipinski definition) is 14. The molecule has 25 nitrogen and oxygen atoms in total. The quantitative estimate of drug-likeness (QED) is 0.0203. The second kappa shape index (κ2) is 25.1. The molecule has 3 rings (SSSR count). The molecule has 0 fully saturated rings. The van der Waals surface area contributed by atoms with E-state index < -0.39 is 115 Å². The number of nitrogens with one attached hydrogen (secondary N) is 7. The number of aliphatic hydroxyl groups excluding tert-OH is 3. The number of rotatable bonds is 26. The van der Waals surface area contributed by atoms with Crippen molar-refractivity contribution >= 4 is 64.2 Å². The van der Waals surface area contributed by atoms with Crippen LogP contribution < -0.4 is 49.1 Å². The minimum Gasteiger partial charge on any atom is -0.508 e. The van der Waals surface area contributed by atoms with Gasteiger partial charge in [0, 0.05) is 36.5 Å². The number of carboxylic acid groups (broad SMARTS) is 2. The average molecular weight is 914 g/mol. The van der Waals surface area contributed by atoms with Crippen LogP contribution in [0.25, 0.3) is 10.9 Å². The Morgan fingerprint density at radius 1 is 0.692 bits per heavy atom. The zero-order valence-electron chi connectivity index (χ0n) is 35.1. The number of phenolic OH excluding ortho intramolecular Hbond substituents is 1. The summed E-state index contributed by atoms with van der Waals surface area (Å²) in [4.78, 5) is 112. The van der Waals surface area contributed by atoms with Crippen molar-refractivity contribution in [3.8, 4) is 5.75 Å². The Bertz CT molecular complexity index is 2180. The Hall–Kier alpha value is -7.35. The third kappa shape index (κ3) is 16.4. The van der Waals surface area contributed by atoms with Gasteiger partial charge >= 0.3 is 11.9 Å². The number of H-pyrrole nitrogens is 1. The number of carbonyl (C=O) groups excluding carboxylic acids is 6. The number of aromatic hydroxyl groups is 1. The highest BCUT2D eigenvalue weighted by atomic mass is 16.4. The van der Waals surface area contributed by atoms with Gasteiger partial charge in [0.15, 0.2) is 5.96 Å². The lowest BCUT2D eigenvalue weighted by Gasteiger charge is -2.28. The molecule has 354 valence electrons. The van der Waals surface area contributed by atoms with Gasteiger partial charge in [0.1, 0.15) is 48.0 Å². The summed E-state index contributed by atoms with van der Waals surface area (Å²) in [6, 6.07) is 0.717. The Kier molecular flexibility index (Phi) is 20.1. The molecule has 0 unspecified atom stereocenters. The summed E-state index contributed by atoms with van der Waals surface area (Å²) < 4.78 is 0. The number of fused-ring (bicyclic) bond motifs is 1. The van der Waals surface area contributed by atoms with Gasteiger partial charge in [0.2, 0.25) is 35.4 Å². The zero-order valence-corrected chi connectivity index (χ0v) is 35.1. The average Bonchev–Trinajstić information content (AvgIpc) is 3.66. The summed E-state index contributed by atoms with van der Waals surface area (Å²) in [6.07, 6.45) is -1.95. The third-order valence-corrected chi connectivity index (χ3v) is 9.72. The fraction of sp³-hybridized carbons (Fsp3) is 0.425. The highest BCUT2D eigenvalue weighted by Crippen LogP contribution is 2.20. The van der Waals surface area contributed by atoms with Gasteiger partial charge in [-0.1, -0.05) is 30.3 Å². The maximum absolute atomic E-state index is 14.2. The standard InChI is InChI=1S/C40H55N11O14/c1-19(54)32(51-37(62)27(47-33(58)24(41)17-52)13-20-8-10-22(55)11-9-20)38(63)49-28(14-21-16-45-25-6-3-2-5-23(21)25)35(60)48-29(15-31(56)57)36(61)46-26(7-4-12-44-40(42)43)34(59)50-30(18-53)39(64)65/h2-3,5-6,8-11,16,19,24,26-30,32,45,52-55H,4,7,12-15,17-18,41H2,1H3,(H,46,61)(H,47,58)(H,48,60)(H,49,63)(H,50,59)(H,51,62)(H,56,57)(H,64,65)(H4,42,43,44)/t19-,24+,26+,27+,28+,29+,30+,32+/m1/s1. The van der Waals surface area contributed by atoms with Crippen LogP contribution in [-0.4, -0.2) is 157 Å². The first-order valence-corrected chi connectivity index (χ1v) is 20.0. The largest absolute Gasteiger partial charge is 0.508 e. The van der Waals surface area contributed by atoms with Gasteiger partial charge in [-0.05, 0) is 49.1 Å². The summed E-state index contributed by atoms with van der Waals surface area (Å²) in [5, 5.41) is 72.9. The lowest BCUT2D eigenvalue weighted by molar-refractivity contribution is -0.144. The number of para-hydroxylation sites is 1. The smallest absolute Gasteiger partial charge is 0.328 e. The zero-order chi connectivity index (χ0) is 48.4. The number of carbonyl (C=O) groups is 8. The lowest BCUT2D eigenvalue weighted by Crippen LogP contribution is -2.62. The van der Waals surface area contributed by atoms with Crippen molar-refractivity contribution in [2.75, 3.05) is 19.8 Å². The molecule has 2 aromatic carbocycles. The molecular formula is C40H55N11O14. The summed E-state index contributed by atoms with van der Waals surface area (Å²) >= 11 is 0.